The number of pyridine rings is 1. The Hall–Kier alpha value is -1.41. The minimum Gasteiger partial charge on any atom is -0.310 e. The Morgan fingerprint density at radius 1 is 1.24 bits per heavy atom. The van der Waals surface area contributed by atoms with E-state index in [-0.39, 0.29) is 0 Å². The molecule has 1 aromatic carbocycles. The molecule has 1 fully saturated rings. The van der Waals surface area contributed by atoms with E-state index in [1.165, 1.54) is 42.1 Å². The van der Waals surface area contributed by atoms with E-state index in [2.05, 4.69) is 48.4 Å². The summed E-state index contributed by atoms with van der Waals surface area (Å²) >= 11 is 0. The molecule has 0 spiro atoms. The molecule has 112 valence electrons. The molecule has 1 saturated carbocycles. The highest BCUT2D eigenvalue weighted by Gasteiger charge is 2.30. The van der Waals surface area contributed by atoms with E-state index in [1.807, 2.05) is 12.3 Å². The number of benzene rings is 1. The topological polar surface area (TPSA) is 24.9 Å². The summed E-state index contributed by atoms with van der Waals surface area (Å²) in [7, 11) is 0. The molecule has 0 amide bonds. The zero-order chi connectivity index (χ0) is 14.7. The van der Waals surface area contributed by atoms with Crippen molar-refractivity contribution in [3.8, 4) is 0 Å². The molecule has 1 aliphatic rings. The first-order valence-corrected chi connectivity index (χ1v) is 8.36. The summed E-state index contributed by atoms with van der Waals surface area (Å²) in [6, 6.07) is 11.3. The number of fused-ring (bicyclic) bond motifs is 1. The lowest BCUT2D eigenvalue weighted by Gasteiger charge is -2.26. The third-order valence-corrected chi connectivity index (χ3v) is 4.82. The fourth-order valence-corrected chi connectivity index (χ4v) is 3.76. The van der Waals surface area contributed by atoms with Gasteiger partial charge in [0.05, 0.1) is 5.52 Å². The van der Waals surface area contributed by atoms with Crippen LogP contribution in [0.15, 0.2) is 36.5 Å². The highest BCUT2D eigenvalue weighted by atomic mass is 14.9. The van der Waals surface area contributed by atoms with Gasteiger partial charge in [-0.3, -0.25) is 4.98 Å². The molecule has 3 unspecified atom stereocenters. The molecule has 0 aliphatic heterocycles. The third-order valence-electron chi connectivity index (χ3n) is 4.82. The average molecular weight is 282 g/mol. The second kappa shape index (κ2) is 6.57. The number of rotatable bonds is 5. The number of nitrogens with one attached hydrogen (secondary N) is 1. The lowest BCUT2D eigenvalue weighted by atomic mass is 9.89. The van der Waals surface area contributed by atoms with Crippen molar-refractivity contribution in [2.75, 3.05) is 6.54 Å². The number of nitrogens with zero attached hydrogens (tertiary/aromatic N) is 1. The van der Waals surface area contributed by atoms with Gasteiger partial charge >= 0.3 is 0 Å². The summed E-state index contributed by atoms with van der Waals surface area (Å²) in [5, 5.41) is 5.05. The molecule has 21 heavy (non-hydrogen) atoms. The van der Waals surface area contributed by atoms with Gasteiger partial charge in [-0.25, -0.2) is 0 Å². The predicted molar refractivity (Wildman–Crippen MR) is 89.3 cm³/mol. The van der Waals surface area contributed by atoms with Crippen molar-refractivity contribution in [1.82, 2.24) is 10.3 Å². The van der Waals surface area contributed by atoms with Gasteiger partial charge in [0.2, 0.25) is 0 Å². The van der Waals surface area contributed by atoms with Gasteiger partial charge in [-0.15, -0.1) is 0 Å². The monoisotopic (exact) mass is 282 g/mol. The van der Waals surface area contributed by atoms with Crippen molar-refractivity contribution >= 4 is 10.9 Å². The van der Waals surface area contributed by atoms with Gasteiger partial charge in [-0.05, 0) is 49.3 Å². The highest BCUT2D eigenvalue weighted by Crippen LogP contribution is 2.40. The fourth-order valence-electron chi connectivity index (χ4n) is 3.76. The van der Waals surface area contributed by atoms with Crippen molar-refractivity contribution in [2.24, 2.45) is 11.8 Å². The zero-order valence-corrected chi connectivity index (χ0v) is 13.2. The van der Waals surface area contributed by atoms with E-state index in [0.717, 1.165) is 18.4 Å². The molecule has 1 aromatic heterocycles. The minimum absolute atomic E-state index is 0.452. The maximum atomic E-state index is 4.66. The normalized spacial score (nSPS) is 23.5. The smallest absolute Gasteiger partial charge is 0.0749 e. The maximum Gasteiger partial charge on any atom is 0.0749 e. The maximum absolute atomic E-state index is 4.66. The molecule has 1 heterocycles. The Balaban J connectivity index is 1.97. The van der Waals surface area contributed by atoms with Crippen LogP contribution in [0.5, 0.6) is 0 Å². The second-order valence-corrected chi connectivity index (χ2v) is 6.53. The van der Waals surface area contributed by atoms with Crippen LogP contribution in [0.2, 0.25) is 0 Å². The van der Waals surface area contributed by atoms with Crippen LogP contribution in [0.3, 0.4) is 0 Å². The van der Waals surface area contributed by atoms with Crippen LogP contribution >= 0.6 is 0 Å². The van der Waals surface area contributed by atoms with Gasteiger partial charge in [0.25, 0.3) is 0 Å². The van der Waals surface area contributed by atoms with Gasteiger partial charge in [-0.1, -0.05) is 44.5 Å². The largest absolute Gasteiger partial charge is 0.310 e. The van der Waals surface area contributed by atoms with E-state index in [9.17, 15) is 0 Å². The molecule has 2 heteroatoms. The third kappa shape index (κ3) is 3.11. The first-order valence-electron chi connectivity index (χ1n) is 8.36. The van der Waals surface area contributed by atoms with E-state index in [0.29, 0.717) is 6.04 Å². The van der Waals surface area contributed by atoms with Gasteiger partial charge < -0.3 is 5.32 Å². The summed E-state index contributed by atoms with van der Waals surface area (Å²) in [5.41, 5.74) is 2.56. The van der Waals surface area contributed by atoms with Crippen LogP contribution in [0.1, 0.15) is 51.1 Å². The van der Waals surface area contributed by atoms with Crippen LogP contribution in [-0.2, 0) is 0 Å². The van der Waals surface area contributed by atoms with E-state index in [1.54, 1.807) is 0 Å². The van der Waals surface area contributed by atoms with Crippen molar-refractivity contribution < 1.29 is 0 Å². The number of para-hydroxylation sites is 1. The SMILES string of the molecule is CCCNC(c1cccc2cccnc12)C1CCC(C)C1. The van der Waals surface area contributed by atoms with Crippen molar-refractivity contribution in [3.63, 3.8) is 0 Å². The summed E-state index contributed by atoms with van der Waals surface area (Å²) in [6.45, 7) is 5.71. The summed E-state index contributed by atoms with van der Waals surface area (Å²) < 4.78 is 0. The van der Waals surface area contributed by atoms with E-state index in [4.69, 9.17) is 0 Å². The molecular formula is C19H26N2. The Morgan fingerprint density at radius 2 is 2.10 bits per heavy atom. The van der Waals surface area contributed by atoms with Crippen LogP contribution < -0.4 is 5.32 Å². The number of hydrogen-bond acceptors (Lipinski definition) is 2. The van der Waals surface area contributed by atoms with E-state index >= 15 is 0 Å². The molecule has 0 bridgehead atoms. The Labute approximate surface area is 128 Å². The minimum atomic E-state index is 0.452. The molecule has 3 atom stereocenters. The van der Waals surface area contributed by atoms with Crippen molar-refractivity contribution in [1.29, 1.82) is 0 Å². The molecule has 0 saturated heterocycles. The fraction of sp³-hybridized carbons (Fsp3) is 0.526. The zero-order valence-electron chi connectivity index (χ0n) is 13.2. The van der Waals surface area contributed by atoms with E-state index < -0.39 is 0 Å². The average Bonchev–Trinajstić information content (AvgIpc) is 2.94. The Kier molecular flexibility index (Phi) is 4.54. The van der Waals surface area contributed by atoms with Crippen LogP contribution in [-0.4, -0.2) is 11.5 Å². The first kappa shape index (κ1) is 14.5. The second-order valence-electron chi connectivity index (χ2n) is 6.53. The van der Waals surface area contributed by atoms with Gasteiger partial charge in [0, 0.05) is 17.6 Å². The standard InChI is InChI=1S/C19H26N2/c1-3-11-20-19(16-10-9-14(2)13-16)17-8-4-6-15-7-5-12-21-18(15)17/h4-8,12,14,16,19-20H,3,9-11,13H2,1-2H3. The quantitative estimate of drug-likeness (QED) is 0.859. The molecule has 0 radical (unpaired) electrons. The van der Waals surface area contributed by atoms with Crippen LogP contribution in [0.25, 0.3) is 10.9 Å². The molecule has 2 nitrogen and oxygen atoms in total. The van der Waals surface area contributed by atoms with Crippen molar-refractivity contribution in [2.45, 2.75) is 45.6 Å². The van der Waals surface area contributed by atoms with Crippen LogP contribution in [0.4, 0.5) is 0 Å². The summed E-state index contributed by atoms with van der Waals surface area (Å²) in [6.07, 6.45) is 7.14. The lowest BCUT2D eigenvalue weighted by molar-refractivity contribution is 0.361. The van der Waals surface area contributed by atoms with Gasteiger partial charge in [0.15, 0.2) is 0 Å². The lowest BCUT2D eigenvalue weighted by Crippen LogP contribution is -2.28. The summed E-state index contributed by atoms with van der Waals surface area (Å²) in [4.78, 5) is 4.66. The Bertz CT molecular complexity index is 588. The molecule has 3 rings (SSSR count). The molecule has 1 aliphatic carbocycles. The highest BCUT2D eigenvalue weighted by molar-refractivity contribution is 5.82. The van der Waals surface area contributed by atoms with Gasteiger partial charge in [0.1, 0.15) is 0 Å². The van der Waals surface area contributed by atoms with Crippen molar-refractivity contribution in [3.05, 3.63) is 42.1 Å². The Morgan fingerprint density at radius 3 is 2.86 bits per heavy atom. The number of aromatic nitrogens is 1. The van der Waals surface area contributed by atoms with Gasteiger partial charge in [-0.2, -0.15) is 0 Å². The predicted octanol–water partition coefficient (Wildman–Crippen LogP) is 4.71. The first-order chi connectivity index (χ1) is 10.3. The van der Waals surface area contributed by atoms with Crippen LogP contribution in [0, 0.1) is 11.8 Å². The molecular weight excluding hydrogens is 256 g/mol. The number of hydrogen-bond donors (Lipinski definition) is 1. The summed E-state index contributed by atoms with van der Waals surface area (Å²) in [5.74, 6) is 1.61. The molecule has 1 N–H and O–H groups in total. The molecule has 2 aromatic rings.